The third-order valence-electron chi connectivity index (χ3n) is 5.89. The number of rotatable bonds is 13. The van der Waals surface area contributed by atoms with Gasteiger partial charge >= 0.3 is 0 Å². The number of ether oxygens (including phenoxy) is 3. The van der Waals surface area contributed by atoms with E-state index in [1.54, 1.807) is 6.07 Å². The van der Waals surface area contributed by atoms with Crippen LogP contribution in [-0.4, -0.2) is 57.8 Å². The summed E-state index contributed by atoms with van der Waals surface area (Å²) in [6, 6.07) is 13.8. The van der Waals surface area contributed by atoms with Gasteiger partial charge in [-0.1, -0.05) is 12.1 Å². The summed E-state index contributed by atoms with van der Waals surface area (Å²) < 4.78 is 17.6. The second-order valence-electron chi connectivity index (χ2n) is 8.29. The molecule has 1 aliphatic rings. The van der Waals surface area contributed by atoms with E-state index >= 15 is 0 Å². The first kappa shape index (κ1) is 25.6. The molecule has 0 radical (unpaired) electrons. The normalized spacial score (nSPS) is 15.2. The van der Waals surface area contributed by atoms with Crippen molar-refractivity contribution in [3.63, 3.8) is 0 Å². The maximum absolute atomic E-state index is 10.2. The minimum atomic E-state index is 0.132. The van der Waals surface area contributed by atoms with Crippen LogP contribution in [0.4, 0.5) is 11.4 Å². The molecule has 0 spiro atoms. The van der Waals surface area contributed by atoms with Gasteiger partial charge in [0.25, 0.3) is 0 Å². The van der Waals surface area contributed by atoms with E-state index in [9.17, 15) is 10.4 Å². The van der Waals surface area contributed by atoms with E-state index in [-0.39, 0.29) is 18.4 Å². The number of phenols is 1. The van der Waals surface area contributed by atoms with E-state index in [0.717, 1.165) is 42.0 Å². The molecule has 2 aromatic carbocycles. The topological polar surface area (TPSA) is 104 Å². The van der Waals surface area contributed by atoms with Gasteiger partial charge in [0.15, 0.2) is 0 Å². The van der Waals surface area contributed by atoms with Gasteiger partial charge in [0.05, 0.1) is 50.0 Å². The Morgan fingerprint density at radius 2 is 1.91 bits per heavy atom. The summed E-state index contributed by atoms with van der Waals surface area (Å²) in [7, 11) is 0. The predicted octanol–water partition coefficient (Wildman–Crippen LogP) is 3.72. The standard InChI is InChI=1S/C26H36N4O4/c1-3-33-26-18-21(25-5-4-14-34-25)7-9-23(26)30(19-28)13-16-32-15-12-29(11-10-27)22-8-6-20(2)17-24(22)31/h6-9,17-18,25,31H,3-5,11-16,19,28H2,1-2H3. The van der Waals surface area contributed by atoms with Crippen molar-refractivity contribution in [2.75, 3.05) is 62.5 Å². The number of anilines is 2. The van der Waals surface area contributed by atoms with E-state index in [1.165, 1.54) is 0 Å². The monoisotopic (exact) mass is 468 g/mol. The quantitative estimate of drug-likeness (QED) is 0.260. The first-order valence-corrected chi connectivity index (χ1v) is 11.9. The molecule has 1 saturated heterocycles. The summed E-state index contributed by atoms with van der Waals surface area (Å²) in [6.07, 6.45) is 2.24. The maximum Gasteiger partial charge on any atom is 0.142 e. The van der Waals surface area contributed by atoms with Gasteiger partial charge in [-0.15, -0.1) is 0 Å². The van der Waals surface area contributed by atoms with Crippen molar-refractivity contribution in [1.29, 1.82) is 5.26 Å². The van der Waals surface area contributed by atoms with Crippen LogP contribution < -0.4 is 20.3 Å². The smallest absolute Gasteiger partial charge is 0.142 e. The highest BCUT2D eigenvalue weighted by Gasteiger charge is 2.20. The summed E-state index contributed by atoms with van der Waals surface area (Å²) in [6.45, 7) is 7.74. The zero-order chi connectivity index (χ0) is 24.3. The number of phenolic OH excluding ortho intramolecular Hbond substituents is 1. The van der Waals surface area contributed by atoms with Crippen LogP contribution in [0.5, 0.6) is 11.5 Å². The minimum Gasteiger partial charge on any atom is -0.506 e. The van der Waals surface area contributed by atoms with Gasteiger partial charge in [-0.3, -0.25) is 0 Å². The highest BCUT2D eigenvalue weighted by atomic mass is 16.5. The Morgan fingerprint density at radius 3 is 2.56 bits per heavy atom. The van der Waals surface area contributed by atoms with Crippen molar-refractivity contribution < 1.29 is 19.3 Å². The number of benzene rings is 2. The second kappa shape index (κ2) is 13.0. The first-order valence-electron chi connectivity index (χ1n) is 11.9. The lowest BCUT2D eigenvalue weighted by atomic mass is 10.1. The van der Waals surface area contributed by atoms with Gasteiger partial charge < -0.3 is 34.9 Å². The Bertz CT molecular complexity index is 956. The van der Waals surface area contributed by atoms with Crippen molar-refractivity contribution >= 4 is 11.4 Å². The van der Waals surface area contributed by atoms with Gasteiger partial charge in [-0.25, -0.2) is 0 Å². The SMILES string of the molecule is CCOc1cc(C2CCCO2)ccc1N(CN)CCOCCN(CC#N)c1ccc(C)cc1O. The van der Waals surface area contributed by atoms with E-state index < -0.39 is 0 Å². The van der Waals surface area contributed by atoms with E-state index in [4.69, 9.17) is 19.9 Å². The van der Waals surface area contributed by atoms with Crippen molar-refractivity contribution in [2.24, 2.45) is 5.73 Å². The number of nitriles is 1. The molecule has 0 bridgehead atoms. The van der Waals surface area contributed by atoms with Crippen LogP contribution in [0.1, 0.15) is 37.0 Å². The molecule has 1 aliphatic heterocycles. The lowest BCUT2D eigenvalue weighted by Gasteiger charge is -2.26. The van der Waals surface area contributed by atoms with Gasteiger partial charge in [-0.05, 0) is 62.1 Å². The molecule has 34 heavy (non-hydrogen) atoms. The number of nitrogens with two attached hydrogens (primary N) is 1. The zero-order valence-corrected chi connectivity index (χ0v) is 20.2. The minimum absolute atomic E-state index is 0.132. The summed E-state index contributed by atoms with van der Waals surface area (Å²) in [5, 5.41) is 19.4. The Kier molecular flexibility index (Phi) is 9.83. The van der Waals surface area contributed by atoms with Gasteiger partial charge in [0, 0.05) is 19.7 Å². The number of hydrogen-bond acceptors (Lipinski definition) is 8. The van der Waals surface area contributed by atoms with Crippen LogP contribution in [0.25, 0.3) is 0 Å². The summed E-state index contributed by atoms with van der Waals surface area (Å²) >= 11 is 0. The van der Waals surface area contributed by atoms with Crippen LogP contribution in [0.3, 0.4) is 0 Å². The van der Waals surface area contributed by atoms with Crippen LogP contribution in [0.2, 0.25) is 0 Å². The molecule has 8 nitrogen and oxygen atoms in total. The molecule has 0 aromatic heterocycles. The number of aryl methyl sites for hydroxylation is 1. The average Bonchev–Trinajstić information content (AvgIpc) is 3.37. The molecule has 2 aromatic rings. The first-order chi connectivity index (χ1) is 16.6. The van der Waals surface area contributed by atoms with Crippen LogP contribution in [0.15, 0.2) is 36.4 Å². The lowest BCUT2D eigenvalue weighted by Crippen LogP contribution is -2.34. The molecule has 1 atom stereocenters. The lowest BCUT2D eigenvalue weighted by molar-refractivity contribution is 0.111. The molecule has 3 rings (SSSR count). The number of nitrogens with zero attached hydrogens (tertiary/aromatic N) is 3. The van der Waals surface area contributed by atoms with Gasteiger partial charge in [0.1, 0.15) is 18.0 Å². The molecular formula is C26H36N4O4. The average molecular weight is 469 g/mol. The third kappa shape index (κ3) is 6.76. The fourth-order valence-electron chi connectivity index (χ4n) is 4.14. The number of hydrogen-bond donors (Lipinski definition) is 2. The Morgan fingerprint density at radius 1 is 1.15 bits per heavy atom. The Hall–Kier alpha value is -2.99. The number of aromatic hydroxyl groups is 1. The molecular weight excluding hydrogens is 432 g/mol. The van der Waals surface area contributed by atoms with Crippen molar-refractivity contribution in [3.05, 3.63) is 47.5 Å². The fraction of sp³-hybridized carbons (Fsp3) is 0.500. The summed E-state index contributed by atoms with van der Waals surface area (Å²) in [5.41, 5.74) is 9.72. The van der Waals surface area contributed by atoms with Crippen molar-refractivity contribution in [1.82, 2.24) is 0 Å². The van der Waals surface area contributed by atoms with Crippen LogP contribution >= 0.6 is 0 Å². The molecule has 3 N–H and O–H groups in total. The Balaban J connectivity index is 1.56. The molecule has 0 saturated carbocycles. The van der Waals surface area contributed by atoms with E-state index in [0.29, 0.717) is 45.3 Å². The molecule has 8 heteroatoms. The van der Waals surface area contributed by atoms with Gasteiger partial charge in [-0.2, -0.15) is 5.26 Å². The molecule has 184 valence electrons. The largest absolute Gasteiger partial charge is 0.506 e. The zero-order valence-electron chi connectivity index (χ0n) is 20.2. The summed E-state index contributed by atoms with van der Waals surface area (Å²) in [4.78, 5) is 3.84. The van der Waals surface area contributed by atoms with E-state index in [2.05, 4.69) is 18.2 Å². The van der Waals surface area contributed by atoms with Gasteiger partial charge in [0.2, 0.25) is 0 Å². The van der Waals surface area contributed by atoms with Crippen molar-refractivity contribution in [3.8, 4) is 17.6 Å². The molecule has 0 aliphatic carbocycles. The molecule has 1 unspecified atom stereocenters. The molecule has 1 heterocycles. The van der Waals surface area contributed by atoms with Crippen LogP contribution in [0, 0.1) is 18.3 Å². The summed E-state index contributed by atoms with van der Waals surface area (Å²) in [5.74, 6) is 0.968. The predicted molar refractivity (Wildman–Crippen MR) is 133 cm³/mol. The highest BCUT2D eigenvalue weighted by Crippen LogP contribution is 2.35. The van der Waals surface area contributed by atoms with E-state index in [1.807, 2.05) is 41.8 Å². The molecule has 0 amide bonds. The van der Waals surface area contributed by atoms with Crippen molar-refractivity contribution in [2.45, 2.75) is 32.8 Å². The van der Waals surface area contributed by atoms with Crippen LogP contribution in [-0.2, 0) is 9.47 Å². The fourth-order valence-corrected chi connectivity index (χ4v) is 4.14. The Labute approximate surface area is 202 Å². The molecule has 1 fully saturated rings. The second-order valence-corrected chi connectivity index (χ2v) is 8.29. The maximum atomic E-state index is 10.2. The highest BCUT2D eigenvalue weighted by molar-refractivity contribution is 5.60. The third-order valence-corrected chi connectivity index (χ3v) is 5.89.